The van der Waals surface area contributed by atoms with E-state index in [0.29, 0.717) is 12.5 Å². The molecule has 1 fully saturated rings. The Labute approximate surface area is 124 Å². The highest BCUT2D eigenvalue weighted by Gasteiger charge is 2.20. The van der Waals surface area contributed by atoms with Gasteiger partial charge in [0, 0.05) is 36.4 Å². The third-order valence-corrected chi connectivity index (χ3v) is 4.56. The lowest BCUT2D eigenvalue weighted by Crippen LogP contribution is -2.35. The van der Waals surface area contributed by atoms with Gasteiger partial charge >= 0.3 is 0 Å². The summed E-state index contributed by atoms with van der Waals surface area (Å²) >= 11 is 3.65. The first kappa shape index (κ1) is 14.8. The fourth-order valence-corrected chi connectivity index (χ4v) is 3.29. The zero-order valence-corrected chi connectivity index (χ0v) is 13.1. The molecule has 2 N–H and O–H groups in total. The Morgan fingerprint density at radius 3 is 3.00 bits per heavy atom. The maximum Gasteiger partial charge on any atom is 0.0434 e. The molecule has 0 spiro atoms. The molecule has 1 unspecified atom stereocenters. The molecule has 3 nitrogen and oxygen atoms in total. The van der Waals surface area contributed by atoms with Crippen LogP contribution in [-0.4, -0.2) is 31.9 Å². The molecular weight excluding hydrogens is 304 g/mol. The van der Waals surface area contributed by atoms with Crippen LogP contribution in [0.1, 0.15) is 24.8 Å². The summed E-state index contributed by atoms with van der Waals surface area (Å²) < 4.78 is 1.17. The van der Waals surface area contributed by atoms with E-state index in [9.17, 15) is 0 Å². The molecule has 0 radical (unpaired) electrons. The molecule has 1 saturated heterocycles. The number of hydrogen-bond donors (Lipinski definition) is 2. The van der Waals surface area contributed by atoms with Crippen LogP contribution < -0.4 is 10.2 Å². The summed E-state index contributed by atoms with van der Waals surface area (Å²) in [5.74, 6) is 0.634. The SMILES string of the molecule is CNCc1ccc(N2CCCC(CCO)C2)cc1Br. The van der Waals surface area contributed by atoms with Gasteiger partial charge in [-0.05, 0) is 49.9 Å². The van der Waals surface area contributed by atoms with Crippen LogP contribution in [-0.2, 0) is 6.54 Å². The van der Waals surface area contributed by atoms with Gasteiger partial charge in [0.15, 0.2) is 0 Å². The van der Waals surface area contributed by atoms with Crippen molar-refractivity contribution >= 4 is 21.6 Å². The van der Waals surface area contributed by atoms with E-state index in [2.05, 4.69) is 44.3 Å². The molecule has 4 heteroatoms. The molecule has 0 amide bonds. The first-order valence-electron chi connectivity index (χ1n) is 7.03. The van der Waals surface area contributed by atoms with Gasteiger partial charge in [-0.2, -0.15) is 0 Å². The van der Waals surface area contributed by atoms with Crippen LogP contribution in [0.3, 0.4) is 0 Å². The average molecular weight is 327 g/mol. The number of halogens is 1. The van der Waals surface area contributed by atoms with Gasteiger partial charge in [-0.1, -0.05) is 22.0 Å². The topological polar surface area (TPSA) is 35.5 Å². The molecule has 0 bridgehead atoms. The number of benzene rings is 1. The molecule has 0 saturated carbocycles. The Kier molecular flexibility index (Phi) is 5.67. The first-order chi connectivity index (χ1) is 9.24. The number of aliphatic hydroxyl groups is 1. The largest absolute Gasteiger partial charge is 0.396 e. The molecular formula is C15H23BrN2O. The third-order valence-electron chi connectivity index (χ3n) is 3.83. The summed E-state index contributed by atoms with van der Waals surface area (Å²) in [4.78, 5) is 2.44. The predicted octanol–water partition coefficient (Wildman–Crippen LogP) is 2.77. The Bertz CT molecular complexity index is 409. The van der Waals surface area contributed by atoms with Gasteiger partial charge in [0.05, 0.1) is 0 Å². The summed E-state index contributed by atoms with van der Waals surface area (Å²) in [5, 5.41) is 12.3. The lowest BCUT2D eigenvalue weighted by atomic mass is 9.94. The second kappa shape index (κ2) is 7.27. The maximum absolute atomic E-state index is 9.08. The van der Waals surface area contributed by atoms with Gasteiger partial charge in [-0.15, -0.1) is 0 Å². The normalized spacial score (nSPS) is 19.7. The molecule has 1 heterocycles. The molecule has 19 heavy (non-hydrogen) atoms. The molecule has 1 aliphatic heterocycles. The van der Waals surface area contributed by atoms with Crippen LogP contribution in [0.25, 0.3) is 0 Å². The zero-order chi connectivity index (χ0) is 13.7. The molecule has 1 aliphatic rings. The highest BCUT2D eigenvalue weighted by Crippen LogP contribution is 2.28. The van der Waals surface area contributed by atoms with E-state index in [1.807, 2.05) is 7.05 Å². The van der Waals surface area contributed by atoms with Crippen molar-refractivity contribution in [3.05, 3.63) is 28.2 Å². The Hall–Kier alpha value is -0.580. The van der Waals surface area contributed by atoms with Crippen LogP contribution >= 0.6 is 15.9 Å². The van der Waals surface area contributed by atoms with Crippen molar-refractivity contribution in [3.8, 4) is 0 Å². The summed E-state index contributed by atoms with van der Waals surface area (Å²) in [7, 11) is 1.96. The smallest absolute Gasteiger partial charge is 0.0434 e. The van der Waals surface area contributed by atoms with E-state index in [-0.39, 0.29) is 0 Å². The lowest BCUT2D eigenvalue weighted by Gasteiger charge is -2.34. The molecule has 2 rings (SSSR count). The molecule has 1 atom stereocenters. The minimum Gasteiger partial charge on any atom is -0.396 e. The Morgan fingerprint density at radius 2 is 2.32 bits per heavy atom. The van der Waals surface area contributed by atoms with Crippen molar-refractivity contribution in [2.24, 2.45) is 5.92 Å². The maximum atomic E-state index is 9.08. The summed E-state index contributed by atoms with van der Waals surface area (Å²) in [6.45, 7) is 3.38. The van der Waals surface area contributed by atoms with Gasteiger partial charge in [0.1, 0.15) is 0 Å². The van der Waals surface area contributed by atoms with Crippen molar-refractivity contribution in [1.82, 2.24) is 5.32 Å². The average Bonchev–Trinajstić information content (AvgIpc) is 2.42. The molecule has 0 aromatic heterocycles. The predicted molar refractivity (Wildman–Crippen MR) is 83.5 cm³/mol. The van der Waals surface area contributed by atoms with E-state index in [1.165, 1.54) is 28.6 Å². The fourth-order valence-electron chi connectivity index (χ4n) is 2.78. The van der Waals surface area contributed by atoms with Crippen LogP contribution in [0.15, 0.2) is 22.7 Å². The second-order valence-electron chi connectivity index (χ2n) is 5.27. The number of rotatable bonds is 5. The molecule has 1 aromatic rings. The van der Waals surface area contributed by atoms with Crippen LogP contribution in [0.2, 0.25) is 0 Å². The van der Waals surface area contributed by atoms with E-state index in [0.717, 1.165) is 26.1 Å². The number of anilines is 1. The number of piperidine rings is 1. The van der Waals surface area contributed by atoms with Gasteiger partial charge in [-0.25, -0.2) is 0 Å². The van der Waals surface area contributed by atoms with E-state index < -0.39 is 0 Å². The third kappa shape index (κ3) is 3.94. The summed E-state index contributed by atoms with van der Waals surface area (Å²) in [5.41, 5.74) is 2.57. The molecule has 0 aliphatic carbocycles. The molecule has 106 valence electrons. The van der Waals surface area contributed by atoms with Gasteiger partial charge < -0.3 is 15.3 Å². The van der Waals surface area contributed by atoms with Crippen LogP contribution in [0, 0.1) is 5.92 Å². The lowest BCUT2D eigenvalue weighted by molar-refractivity contribution is 0.244. The number of aliphatic hydroxyl groups excluding tert-OH is 1. The summed E-state index contributed by atoms with van der Waals surface area (Å²) in [6, 6.07) is 6.61. The van der Waals surface area contributed by atoms with Crippen molar-refractivity contribution in [2.75, 3.05) is 31.6 Å². The zero-order valence-electron chi connectivity index (χ0n) is 11.5. The standard InChI is InChI=1S/C15H23BrN2O/c1-17-10-13-4-5-14(9-15(13)16)18-7-2-3-12(11-18)6-8-19/h4-5,9,12,17,19H,2-3,6-8,10-11H2,1H3. The van der Waals surface area contributed by atoms with E-state index in [4.69, 9.17) is 5.11 Å². The minimum absolute atomic E-state index is 0.309. The van der Waals surface area contributed by atoms with Gasteiger partial charge in [-0.3, -0.25) is 0 Å². The number of nitrogens with one attached hydrogen (secondary N) is 1. The highest BCUT2D eigenvalue weighted by molar-refractivity contribution is 9.10. The molecule has 1 aromatic carbocycles. The quantitative estimate of drug-likeness (QED) is 0.873. The number of hydrogen-bond acceptors (Lipinski definition) is 3. The Morgan fingerprint density at radius 1 is 1.47 bits per heavy atom. The van der Waals surface area contributed by atoms with Gasteiger partial charge in [0.25, 0.3) is 0 Å². The van der Waals surface area contributed by atoms with Crippen LogP contribution in [0.5, 0.6) is 0 Å². The number of nitrogens with zero attached hydrogens (tertiary/aromatic N) is 1. The van der Waals surface area contributed by atoms with Crippen molar-refractivity contribution < 1.29 is 5.11 Å². The minimum atomic E-state index is 0.309. The van der Waals surface area contributed by atoms with Crippen LogP contribution in [0.4, 0.5) is 5.69 Å². The van der Waals surface area contributed by atoms with Crippen molar-refractivity contribution in [2.45, 2.75) is 25.8 Å². The van der Waals surface area contributed by atoms with Crippen molar-refractivity contribution in [1.29, 1.82) is 0 Å². The summed E-state index contributed by atoms with van der Waals surface area (Å²) in [6.07, 6.45) is 3.39. The van der Waals surface area contributed by atoms with Gasteiger partial charge in [0.2, 0.25) is 0 Å². The van der Waals surface area contributed by atoms with E-state index >= 15 is 0 Å². The van der Waals surface area contributed by atoms with E-state index in [1.54, 1.807) is 0 Å². The first-order valence-corrected chi connectivity index (χ1v) is 7.82. The highest BCUT2D eigenvalue weighted by atomic mass is 79.9. The monoisotopic (exact) mass is 326 g/mol. The second-order valence-corrected chi connectivity index (χ2v) is 6.13. The fraction of sp³-hybridized carbons (Fsp3) is 0.600. The Balaban J connectivity index is 2.06. The van der Waals surface area contributed by atoms with Crippen molar-refractivity contribution in [3.63, 3.8) is 0 Å².